The van der Waals surface area contributed by atoms with E-state index >= 15 is 0 Å². The molecule has 1 unspecified atom stereocenters. The molecule has 1 fully saturated rings. The van der Waals surface area contributed by atoms with Gasteiger partial charge in [-0.1, -0.05) is 13.3 Å². The molecule has 0 saturated carbocycles. The zero-order valence-electron chi connectivity index (χ0n) is 14.9. The van der Waals surface area contributed by atoms with Gasteiger partial charge in [-0.3, -0.25) is 9.69 Å². The van der Waals surface area contributed by atoms with Crippen molar-refractivity contribution in [2.24, 2.45) is 0 Å². The lowest BCUT2D eigenvalue weighted by Crippen LogP contribution is -2.47. The summed E-state index contributed by atoms with van der Waals surface area (Å²) in [6.07, 6.45) is 4.39. The Hall–Kier alpha value is -1.55. The number of carbonyl (C=O) groups is 1. The summed E-state index contributed by atoms with van der Waals surface area (Å²) in [6.45, 7) is 10.9. The molecule has 0 radical (unpaired) electrons. The molecule has 1 aliphatic heterocycles. The Kier molecular flexibility index (Phi) is 6.46. The number of ether oxygens (including phenoxy) is 1. The van der Waals surface area contributed by atoms with Crippen LogP contribution in [0.15, 0.2) is 12.1 Å². The molecule has 128 valence electrons. The van der Waals surface area contributed by atoms with Gasteiger partial charge in [-0.2, -0.15) is 0 Å². The van der Waals surface area contributed by atoms with Crippen LogP contribution in [-0.4, -0.2) is 36.5 Å². The van der Waals surface area contributed by atoms with Gasteiger partial charge < -0.3 is 10.1 Å². The molecule has 0 aliphatic carbocycles. The average Bonchev–Trinajstić information content (AvgIpc) is 2.52. The first kappa shape index (κ1) is 17.8. The molecule has 1 N–H and O–H groups in total. The third-order valence-corrected chi connectivity index (χ3v) is 4.49. The van der Waals surface area contributed by atoms with E-state index in [1.54, 1.807) is 0 Å². The number of carbonyl (C=O) groups excluding carboxylic acids is 1. The summed E-state index contributed by atoms with van der Waals surface area (Å²) in [5, 5.41) is 3.17. The van der Waals surface area contributed by atoms with E-state index in [-0.39, 0.29) is 11.9 Å². The Morgan fingerprint density at radius 2 is 1.96 bits per heavy atom. The first-order valence-corrected chi connectivity index (χ1v) is 8.85. The second-order valence-electron chi connectivity index (χ2n) is 6.40. The predicted octanol–water partition coefficient (Wildman–Crippen LogP) is 3.91. The van der Waals surface area contributed by atoms with Gasteiger partial charge in [0.2, 0.25) is 5.91 Å². The topological polar surface area (TPSA) is 41.6 Å². The van der Waals surface area contributed by atoms with Gasteiger partial charge in [0.05, 0.1) is 12.6 Å². The van der Waals surface area contributed by atoms with Crippen molar-refractivity contribution in [3.63, 3.8) is 0 Å². The molecule has 4 nitrogen and oxygen atoms in total. The molecule has 1 amide bonds. The van der Waals surface area contributed by atoms with Gasteiger partial charge in [-0.25, -0.2) is 0 Å². The van der Waals surface area contributed by atoms with Crippen molar-refractivity contribution in [2.75, 3.05) is 25.0 Å². The lowest BCUT2D eigenvalue weighted by molar-refractivity contribution is -0.122. The lowest BCUT2D eigenvalue weighted by Gasteiger charge is -2.34. The summed E-state index contributed by atoms with van der Waals surface area (Å²) in [6, 6.07) is 4.00. The predicted molar refractivity (Wildman–Crippen MR) is 95.2 cm³/mol. The molecule has 1 aromatic rings. The summed E-state index contributed by atoms with van der Waals surface area (Å²) >= 11 is 0. The maximum atomic E-state index is 12.8. The van der Waals surface area contributed by atoms with Gasteiger partial charge in [-0.15, -0.1) is 0 Å². The van der Waals surface area contributed by atoms with Crippen LogP contribution in [0.2, 0.25) is 0 Å². The highest BCUT2D eigenvalue weighted by atomic mass is 16.5. The quantitative estimate of drug-likeness (QED) is 0.865. The number of nitrogens with zero attached hydrogens (tertiary/aromatic N) is 1. The zero-order chi connectivity index (χ0) is 16.8. The maximum absolute atomic E-state index is 12.8. The van der Waals surface area contributed by atoms with Crippen LogP contribution in [0.1, 0.15) is 50.7 Å². The Bertz CT molecular complexity index is 517. The third-order valence-electron chi connectivity index (χ3n) is 4.49. The van der Waals surface area contributed by atoms with E-state index in [2.05, 4.69) is 17.1 Å². The van der Waals surface area contributed by atoms with Crippen LogP contribution >= 0.6 is 0 Å². The van der Waals surface area contributed by atoms with Gasteiger partial charge in [-0.05, 0) is 76.4 Å². The summed E-state index contributed by atoms with van der Waals surface area (Å²) in [5.41, 5.74) is 3.04. The number of aryl methyl sites for hydroxylation is 2. The maximum Gasteiger partial charge on any atom is 0.241 e. The van der Waals surface area contributed by atoms with E-state index in [1.165, 1.54) is 6.42 Å². The van der Waals surface area contributed by atoms with Gasteiger partial charge in [0.25, 0.3) is 0 Å². The van der Waals surface area contributed by atoms with Gasteiger partial charge in [0.1, 0.15) is 5.75 Å². The minimum Gasteiger partial charge on any atom is -0.494 e. The average molecular weight is 318 g/mol. The first-order valence-electron chi connectivity index (χ1n) is 8.85. The summed E-state index contributed by atoms with van der Waals surface area (Å²) in [4.78, 5) is 15.1. The molecule has 23 heavy (non-hydrogen) atoms. The summed E-state index contributed by atoms with van der Waals surface area (Å²) in [7, 11) is 0. The fourth-order valence-corrected chi connectivity index (χ4v) is 3.42. The van der Waals surface area contributed by atoms with Crippen molar-refractivity contribution in [3.05, 3.63) is 23.3 Å². The minimum absolute atomic E-state index is 0.00840. The Labute approximate surface area is 140 Å². The molecule has 1 aliphatic rings. The largest absolute Gasteiger partial charge is 0.494 e. The highest BCUT2D eigenvalue weighted by Gasteiger charge is 2.28. The van der Waals surface area contributed by atoms with Crippen LogP contribution in [0.4, 0.5) is 5.69 Å². The zero-order valence-corrected chi connectivity index (χ0v) is 14.9. The fraction of sp³-hybridized carbons (Fsp3) is 0.632. The van der Waals surface area contributed by atoms with E-state index in [1.807, 2.05) is 32.9 Å². The normalized spacial score (nSPS) is 18.7. The second-order valence-corrected chi connectivity index (χ2v) is 6.40. The number of nitrogens with one attached hydrogen (secondary N) is 1. The Morgan fingerprint density at radius 1 is 1.26 bits per heavy atom. The SMILES string of the molecule is CCCN1CCCCC1C(=O)Nc1c(C)cc(OCC)cc1C. The molecule has 0 aromatic heterocycles. The smallest absolute Gasteiger partial charge is 0.241 e. The van der Waals surface area contributed by atoms with Crippen molar-refractivity contribution in [3.8, 4) is 5.75 Å². The number of piperidine rings is 1. The molecular formula is C19H30N2O2. The number of rotatable bonds is 6. The molecule has 0 spiro atoms. The first-order chi connectivity index (χ1) is 11.1. The molecular weight excluding hydrogens is 288 g/mol. The number of likely N-dealkylation sites (tertiary alicyclic amines) is 1. The number of anilines is 1. The van der Waals surface area contributed by atoms with Crippen molar-refractivity contribution in [1.29, 1.82) is 0 Å². The van der Waals surface area contributed by atoms with Gasteiger partial charge >= 0.3 is 0 Å². The van der Waals surface area contributed by atoms with Crippen LogP contribution in [0, 0.1) is 13.8 Å². The lowest BCUT2D eigenvalue weighted by atomic mass is 10.0. The van der Waals surface area contributed by atoms with Crippen molar-refractivity contribution >= 4 is 11.6 Å². The van der Waals surface area contributed by atoms with Gasteiger partial charge in [0, 0.05) is 5.69 Å². The highest BCUT2D eigenvalue weighted by Crippen LogP contribution is 2.27. The van der Waals surface area contributed by atoms with E-state index in [4.69, 9.17) is 4.74 Å². The number of benzene rings is 1. The monoisotopic (exact) mass is 318 g/mol. The number of amides is 1. The van der Waals surface area contributed by atoms with Crippen LogP contribution < -0.4 is 10.1 Å². The van der Waals surface area contributed by atoms with E-state index in [0.29, 0.717) is 6.61 Å². The second kappa shape index (κ2) is 8.34. The van der Waals surface area contributed by atoms with E-state index < -0.39 is 0 Å². The number of hydrogen-bond donors (Lipinski definition) is 1. The Balaban J connectivity index is 2.12. The Morgan fingerprint density at radius 3 is 2.57 bits per heavy atom. The van der Waals surface area contributed by atoms with Crippen LogP contribution in [0.25, 0.3) is 0 Å². The summed E-state index contributed by atoms with van der Waals surface area (Å²) < 4.78 is 5.57. The minimum atomic E-state index is 0.00840. The van der Waals surface area contributed by atoms with Gasteiger partial charge in [0.15, 0.2) is 0 Å². The molecule has 1 saturated heterocycles. The van der Waals surface area contributed by atoms with E-state index in [0.717, 1.165) is 54.9 Å². The fourth-order valence-electron chi connectivity index (χ4n) is 3.42. The third kappa shape index (κ3) is 4.47. The van der Waals surface area contributed by atoms with Crippen molar-refractivity contribution in [2.45, 2.75) is 59.4 Å². The molecule has 4 heteroatoms. The van der Waals surface area contributed by atoms with Crippen molar-refractivity contribution in [1.82, 2.24) is 4.90 Å². The standard InChI is InChI=1S/C19H30N2O2/c1-5-10-21-11-8-7-9-17(21)19(22)20-18-14(3)12-16(23-6-2)13-15(18)4/h12-13,17H,5-11H2,1-4H3,(H,20,22). The van der Waals surface area contributed by atoms with Crippen LogP contribution in [0.3, 0.4) is 0 Å². The van der Waals surface area contributed by atoms with Crippen LogP contribution in [-0.2, 0) is 4.79 Å². The molecule has 1 atom stereocenters. The highest BCUT2D eigenvalue weighted by molar-refractivity contribution is 5.96. The molecule has 2 rings (SSSR count). The van der Waals surface area contributed by atoms with Crippen LogP contribution in [0.5, 0.6) is 5.75 Å². The molecule has 0 bridgehead atoms. The molecule has 1 heterocycles. The number of hydrogen-bond acceptors (Lipinski definition) is 3. The summed E-state index contributed by atoms with van der Waals surface area (Å²) in [5.74, 6) is 0.999. The van der Waals surface area contributed by atoms with E-state index in [9.17, 15) is 4.79 Å². The molecule has 1 aromatic carbocycles. The van der Waals surface area contributed by atoms with Crippen molar-refractivity contribution < 1.29 is 9.53 Å².